The van der Waals surface area contributed by atoms with Crippen molar-refractivity contribution in [1.29, 1.82) is 0 Å². The Morgan fingerprint density at radius 1 is 0.909 bits per heavy atom. The molecule has 0 saturated heterocycles. The van der Waals surface area contributed by atoms with Crippen LogP contribution in [0.1, 0.15) is 21.5 Å². The molecule has 0 spiro atoms. The molecule has 7 nitrogen and oxygen atoms in total. The number of nitrogens with zero attached hydrogens (tertiary/aromatic N) is 2. The summed E-state index contributed by atoms with van der Waals surface area (Å²) in [6, 6.07) is 23.6. The van der Waals surface area contributed by atoms with E-state index < -0.39 is 11.8 Å². The smallest absolute Gasteiger partial charge is 0.287 e. The van der Waals surface area contributed by atoms with Crippen LogP contribution in [0.3, 0.4) is 0 Å². The number of nitrogens with one attached hydrogen (secondary N) is 2. The SMILES string of the molecule is COc1ccccc1/C=N\NC(=O)/C(=C/c1ccc(N(C)C)cc1)NC(=O)c1ccccc1. The van der Waals surface area contributed by atoms with Crippen molar-refractivity contribution in [1.82, 2.24) is 10.7 Å². The Hall–Kier alpha value is -4.39. The lowest BCUT2D eigenvalue weighted by Crippen LogP contribution is -2.32. The Morgan fingerprint density at radius 3 is 2.24 bits per heavy atom. The van der Waals surface area contributed by atoms with Crippen LogP contribution in [0.5, 0.6) is 5.75 Å². The normalized spacial score (nSPS) is 11.2. The van der Waals surface area contributed by atoms with Gasteiger partial charge in [0.05, 0.1) is 13.3 Å². The molecule has 0 fully saturated rings. The van der Waals surface area contributed by atoms with E-state index in [0.29, 0.717) is 16.9 Å². The fraction of sp³-hybridized carbons (Fsp3) is 0.115. The summed E-state index contributed by atoms with van der Waals surface area (Å²) in [5.41, 5.74) is 5.47. The molecule has 3 aromatic carbocycles. The topological polar surface area (TPSA) is 83.0 Å². The van der Waals surface area contributed by atoms with Crippen molar-refractivity contribution in [2.24, 2.45) is 5.10 Å². The number of ether oxygens (including phenoxy) is 1. The highest BCUT2D eigenvalue weighted by Crippen LogP contribution is 2.16. The zero-order chi connectivity index (χ0) is 23.6. The van der Waals surface area contributed by atoms with E-state index in [2.05, 4.69) is 15.8 Å². The van der Waals surface area contributed by atoms with Gasteiger partial charge in [-0.3, -0.25) is 9.59 Å². The van der Waals surface area contributed by atoms with Crippen LogP contribution in [0.2, 0.25) is 0 Å². The number of para-hydroxylation sites is 1. The zero-order valence-corrected chi connectivity index (χ0v) is 18.8. The minimum atomic E-state index is -0.554. The molecule has 0 aliphatic heterocycles. The van der Waals surface area contributed by atoms with Crippen LogP contribution in [0, 0.1) is 0 Å². The monoisotopic (exact) mass is 442 g/mol. The summed E-state index contributed by atoms with van der Waals surface area (Å²) in [6.45, 7) is 0. The van der Waals surface area contributed by atoms with E-state index in [4.69, 9.17) is 4.74 Å². The number of amides is 2. The van der Waals surface area contributed by atoms with Gasteiger partial charge in [0.1, 0.15) is 11.4 Å². The minimum Gasteiger partial charge on any atom is -0.496 e. The number of benzene rings is 3. The first-order chi connectivity index (χ1) is 16.0. The predicted octanol–water partition coefficient (Wildman–Crippen LogP) is 3.68. The molecule has 0 aliphatic rings. The molecule has 0 bridgehead atoms. The third kappa shape index (κ3) is 6.54. The van der Waals surface area contributed by atoms with E-state index >= 15 is 0 Å². The fourth-order valence-corrected chi connectivity index (χ4v) is 2.97. The van der Waals surface area contributed by atoms with Gasteiger partial charge in [-0.2, -0.15) is 5.10 Å². The number of methoxy groups -OCH3 is 1. The van der Waals surface area contributed by atoms with Crippen molar-refractivity contribution in [2.75, 3.05) is 26.1 Å². The number of hydrazone groups is 1. The maximum atomic E-state index is 12.9. The Labute approximate surface area is 193 Å². The molecule has 0 aromatic heterocycles. The van der Waals surface area contributed by atoms with Gasteiger partial charge in [0, 0.05) is 30.9 Å². The third-order valence-electron chi connectivity index (χ3n) is 4.76. The first-order valence-corrected chi connectivity index (χ1v) is 10.3. The van der Waals surface area contributed by atoms with Crippen molar-refractivity contribution in [3.63, 3.8) is 0 Å². The van der Waals surface area contributed by atoms with Gasteiger partial charge >= 0.3 is 0 Å². The lowest BCUT2D eigenvalue weighted by Gasteiger charge is -2.12. The highest BCUT2D eigenvalue weighted by atomic mass is 16.5. The first kappa shape index (κ1) is 23.3. The van der Waals surface area contributed by atoms with E-state index in [-0.39, 0.29) is 5.70 Å². The largest absolute Gasteiger partial charge is 0.496 e. The number of rotatable bonds is 8. The van der Waals surface area contributed by atoms with Gasteiger partial charge in [-0.05, 0) is 48.0 Å². The molecular formula is C26H26N4O3. The molecule has 0 radical (unpaired) electrons. The summed E-state index contributed by atoms with van der Waals surface area (Å²) in [4.78, 5) is 27.5. The van der Waals surface area contributed by atoms with Crippen molar-refractivity contribution in [3.8, 4) is 5.75 Å². The van der Waals surface area contributed by atoms with Gasteiger partial charge in [0.15, 0.2) is 0 Å². The second-order valence-corrected chi connectivity index (χ2v) is 7.31. The zero-order valence-electron chi connectivity index (χ0n) is 18.8. The number of hydrogen-bond acceptors (Lipinski definition) is 5. The van der Waals surface area contributed by atoms with Crippen LogP contribution in [0.25, 0.3) is 6.08 Å². The van der Waals surface area contributed by atoms with Crippen molar-refractivity contribution >= 4 is 29.8 Å². The average molecular weight is 443 g/mol. The van der Waals surface area contributed by atoms with E-state index in [9.17, 15) is 9.59 Å². The fourth-order valence-electron chi connectivity index (χ4n) is 2.97. The number of hydrogen-bond donors (Lipinski definition) is 2. The van der Waals surface area contributed by atoms with E-state index in [1.807, 2.05) is 67.5 Å². The van der Waals surface area contributed by atoms with Crippen LogP contribution >= 0.6 is 0 Å². The second kappa shape index (κ2) is 11.3. The summed E-state index contributed by atoms with van der Waals surface area (Å²) in [5.74, 6) is -0.317. The summed E-state index contributed by atoms with van der Waals surface area (Å²) >= 11 is 0. The summed E-state index contributed by atoms with van der Waals surface area (Å²) < 4.78 is 5.28. The van der Waals surface area contributed by atoms with Crippen LogP contribution < -0.4 is 20.4 Å². The van der Waals surface area contributed by atoms with Crippen LogP contribution in [0.4, 0.5) is 5.69 Å². The quantitative estimate of drug-likeness (QED) is 0.317. The van der Waals surface area contributed by atoms with Crippen molar-refractivity contribution in [3.05, 3.63) is 101 Å². The third-order valence-corrected chi connectivity index (χ3v) is 4.76. The van der Waals surface area contributed by atoms with E-state index in [1.165, 1.54) is 6.21 Å². The van der Waals surface area contributed by atoms with Crippen molar-refractivity contribution < 1.29 is 14.3 Å². The summed E-state index contributed by atoms with van der Waals surface area (Å²) in [6.07, 6.45) is 3.09. The standard InChI is InChI=1S/C26H26N4O3/c1-30(2)22-15-13-19(14-16-22)17-23(28-25(31)20-9-5-4-6-10-20)26(32)29-27-18-21-11-7-8-12-24(21)33-3/h4-18H,1-3H3,(H,28,31)(H,29,32)/b23-17-,27-18-. The molecule has 3 rings (SSSR count). The van der Waals surface area contributed by atoms with E-state index in [0.717, 1.165) is 11.3 Å². The molecule has 33 heavy (non-hydrogen) atoms. The van der Waals surface area contributed by atoms with Crippen LogP contribution in [0.15, 0.2) is 89.7 Å². The molecule has 7 heteroatoms. The van der Waals surface area contributed by atoms with Crippen LogP contribution in [-0.2, 0) is 4.79 Å². The minimum absolute atomic E-state index is 0.0682. The molecule has 0 unspecified atom stereocenters. The molecule has 2 N–H and O–H groups in total. The van der Waals surface area contributed by atoms with Gasteiger partial charge in [-0.15, -0.1) is 0 Å². The maximum absolute atomic E-state index is 12.9. The van der Waals surface area contributed by atoms with Gasteiger partial charge < -0.3 is 15.0 Å². The maximum Gasteiger partial charge on any atom is 0.287 e. The highest BCUT2D eigenvalue weighted by Gasteiger charge is 2.14. The number of carbonyl (C=O) groups excluding carboxylic acids is 2. The predicted molar refractivity (Wildman–Crippen MR) is 131 cm³/mol. The molecule has 3 aromatic rings. The van der Waals surface area contributed by atoms with Crippen molar-refractivity contribution in [2.45, 2.75) is 0 Å². The van der Waals surface area contributed by atoms with Gasteiger partial charge in [-0.25, -0.2) is 5.43 Å². The number of anilines is 1. The molecule has 0 atom stereocenters. The Kier molecular flexibility index (Phi) is 7.96. The Morgan fingerprint density at radius 2 is 1.58 bits per heavy atom. The molecule has 2 amide bonds. The van der Waals surface area contributed by atoms with Gasteiger partial charge in [-0.1, -0.05) is 42.5 Å². The lowest BCUT2D eigenvalue weighted by atomic mass is 10.1. The lowest BCUT2D eigenvalue weighted by molar-refractivity contribution is -0.117. The molecule has 0 aliphatic carbocycles. The second-order valence-electron chi connectivity index (χ2n) is 7.31. The molecule has 168 valence electrons. The first-order valence-electron chi connectivity index (χ1n) is 10.3. The molecule has 0 heterocycles. The Bertz CT molecular complexity index is 1150. The van der Waals surface area contributed by atoms with Crippen LogP contribution in [-0.4, -0.2) is 39.2 Å². The highest BCUT2D eigenvalue weighted by molar-refractivity contribution is 6.05. The Balaban J connectivity index is 1.82. The molecular weight excluding hydrogens is 416 g/mol. The summed E-state index contributed by atoms with van der Waals surface area (Å²) in [5, 5.41) is 6.72. The molecule has 0 saturated carbocycles. The van der Waals surface area contributed by atoms with Gasteiger partial charge in [0.2, 0.25) is 0 Å². The number of carbonyl (C=O) groups is 2. The van der Waals surface area contributed by atoms with E-state index in [1.54, 1.807) is 43.5 Å². The van der Waals surface area contributed by atoms with Gasteiger partial charge in [0.25, 0.3) is 11.8 Å². The average Bonchev–Trinajstić information content (AvgIpc) is 2.84. The summed E-state index contributed by atoms with van der Waals surface area (Å²) in [7, 11) is 5.46.